The van der Waals surface area contributed by atoms with Crippen molar-refractivity contribution in [3.63, 3.8) is 0 Å². The number of ether oxygens (including phenoxy) is 7. The Balaban J connectivity index is 1.37. The van der Waals surface area contributed by atoms with Gasteiger partial charge in [-0.25, -0.2) is 19.2 Å². The number of hydrogen-bond acceptors (Lipinski definition) is 20. The monoisotopic (exact) mass is 1050 g/mol. The zero-order chi connectivity index (χ0) is 55.2. The van der Waals surface area contributed by atoms with Crippen LogP contribution in [0.1, 0.15) is 110 Å². The van der Waals surface area contributed by atoms with Gasteiger partial charge < -0.3 is 63.7 Å². The Labute approximate surface area is 431 Å². The van der Waals surface area contributed by atoms with Crippen LogP contribution in [0.4, 0.5) is 4.79 Å². The molecule has 1 amide bonds. The van der Waals surface area contributed by atoms with Crippen LogP contribution in [-0.4, -0.2) is 133 Å². The highest BCUT2D eigenvalue weighted by Gasteiger charge is 2.78. The number of aliphatic hydroxyl groups is 2. The lowest BCUT2D eigenvalue weighted by Gasteiger charge is -2.67. The van der Waals surface area contributed by atoms with Gasteiger partial charge in [-0.05, 0) is 63.5 Å². The quantitative estimate of drug-likeness (QED) is 0.0865. The average molecular weight is 1050 g/mol. The molecule has 0 spiro atoms. The zero-order valence-corrected chi connectivity index (χ0v) is 42.9. The smallest absolute Gasteiger partial charge is 0.408 e. The molecular weight excluding hydrogens is 985 g/mol. The molecular formula is C53H62N2O20. The third-order valence-electron chi connectivity index (χ3n) is 14.6. The Morgan fingerprint density at radius 2 is 1.44 bits per heavy atom. The predicted molar refractivity (Wildman–Crippen MR) is 256 cm³/mol. The summed E-state index contributed by atoms with van der Waals surface area (Å²) in [7, 11) is 0. The van der Waals surface area contributed by atoms with E-state index in [0.717, 1.165) is 26.0 Å². The summed E-state index contributed by atoms with van der Waals surface area (Å²) < 4.78 is 42.3. The third kappa shape index (κ3) is 10.5. The first-order valence-corrected chi connectivity index (χ1v) is 24.2. The number of alkyl carbamates (subject to hydrolysis) is 1. The molecule has 7 rings (SSSR count). The standard InChI is InChI=1S/C53H62N2O20/c1-27-32(70-47(65)42(40(30-16-12-10-13-17-30)54-48(66)74-49(4,5)6)71-37(61)22-23-38(62)75-55-35(59)20-21-36(55)60)25-53(67)45(72-46(64)31-18-14-11-15-19-31)43-51(9,33(58)24-34-52(43,26-68-34)73-29(3)57)44(63)41(69-28(2)56)39(27)50(53,7)8/h10-21,32-34,40-43,45,58-60,67H,22-26H2,1-9H3,(H,54,66)/t32-,33-,34+,40?,41+,42?,43-,45?,51+,52-,53+/m0/s1. The van der Waals surface area contributed by atoms with Crippen molar-refractivity contribution >= 4 is 47.7 Å². The fraction of sp³-hybridized carbons (Fsp3) is 0.509. The molecule has 3 aromatic rings. The Bertz CT molecular complexity index is 2740. The van der Waals surface area contributed by atoms with Crippen LogP contribution in [0.25, 0.3) is 0 Å². The summed E-state index contributed by atoms with van der Waals surface area (Å²) in [6, 6.07) is 15.8. The number of Topliss-reactive ketones (excluding diaryl/α,β-unsaturated/α-hetero) is 1. The molecule has 11 atom stereocenters. The topological polar surface area (TPSA) is 308 Å². The predicted octanol–water partition coefficient (Wildman–Crippen LogP) is 4.03. The van der Waals surface area contributed by atoms with Gasteiger partial charge in [0.05, 0.1) is 42.4 Å². The summed E-state index contributed by atoms with van der Waals surface area (Å²) in [5, 5.41) is 48.6. The molecule has 2 aromatic carbocycles. The molecule has 1 saturated heterocycles. The largest absolute Gasteiger partial charge is 0.492 e. The lowest BCUT2D eigenvalue weighted by atomic mass is 9.44. The number of carbonyl (C=O) groups excluding carboxylic acids is 8. The number of aliphatic hydroxyl groups excluding tert-OH is 1. The van der Waals surface area contributed by atoms with Gasteiger partial charge in [-0.15, -0.1) is 4.73 Å². The maximum absolute atomic E-state index is 15.7. The molecule has 2 saturated carbocycles. The van der Waals surface area contributed by atoms with E-state index >= 15 is 9.59 Å². The molecule has 3 aliphatic carbocycles. The minimum absolute atomic E-state index is 0.000183. The fourth-order valence-corrected chi connectivity index (χ4v) is 11.0. The second kappa shape index (κ2) is 20.8. The van der Waals surface area contributed by atoms with Crippen LogP contribution in [0, 0.1) is 16.7 Å². The highest BCUT2D eigenvalue weighted by molar-refractivity contribution is 5.96. The van der Waals surface area contributed by atoms with Gasteiger partial charge in [-0.1, -0.05) is 62.4 Å². The van der Waals surface area contributed by atoms with E-state index in [1.54, 1.807) is 57.2 Å². The number of nitrogens with one attached hydrogen (secondary N) is 1. The maximum atomic E-state index is 15.7. The van der Waals surface area contributed by atoms with Crippen molar-refractivity contribution in [3.8, 4) is 11.8 Å². The molecule has 1 aliphatic heterocycles. The van der Waals surface area contributed by atoms with Crippen LogP contribution in [-0.2, 0) is 61.9 Å². The highest BCUT2D eigenvalue weighted by atomic mass is 16.7. The Kier molecular flexibility index (Phi) is 15.4. The van der Waals surface area contributed by atoms with Gasteiger partial charge in [-0.2, -0.15) is 0 Å². The lowest BCUT2D eigenvalue weighted by molar-refractivity contribution is -0.346. The summed E-state index contributed by atoms with van der Waals surface area (Å²) in [5.41, 5.74) is -9.35. The number of ketones is 1. The van der Waals surface area contributed by atoms with Crippen molar-refractivity contribution in [2.75, 3.05) is 6.61 Å². The molecule has 5 N–H and O–H groups in total. The summed E-state index contributed by atoms with van der Waals surface area (Å²) >= 11 is 0. The molecule has 3 unspecified atom stereocenters. The van der Waals surface area contributed by atoms with Crippen LogP contribution in [0.15, 0.2) is 83.9 Å². The normalized spacial score (nSPS) is 28.4. The molecule has 1 aromatic heterocycles. The van der Waals surface area contributed by atoms with Gasteiger partial charge in [0.1, 0.15) is 35.6 Å². The van der Waals surface area contributed by atoms with Crippen molar-refractivity contribution < 1.29 is 96.8 Å². The summed E-state index contributed by atoms with van der Waals surface area (Å²) in [6.45, 7) is 12.3. The molecule has 75 heavy (non-hydrogen) atoms. The first kappa shape index (κ1) is 55.5. The van der Waals surface area contributed by atoms with Crippen LogP contribution >= 0.6 is 0 Å². The number of nitrogens with zero attached hydrogens (tertiary/aromatic N) is 1. The lowest BCUT2D eigenvalue weighted by Crippen LogP contribution is -2.82. The molecule has 3 fully saturated rings. The molecule has 22 heteroatoms. The van der Waals surface area contributed by atoms with Crippen LogP contribution < -0.4 is 10.2 Å². The van der Waals surface area contributed by atoms with Gasteiger partial charge in [-0.3, -0.25) is 19.2 Å². The van der Waals surface area contributed by atoms with E-state index in [9.17, 15) is 49.2 Å². The Hall–Kier alpha value is -7.30. The van der Waals surface area contributed by atoms with E-state index in [-0.39, 0.29) is 35.3 Å². The van der Waals surface area contributed by atoms with E-state index in [2.05, 4.69) is 5.32 Å². The van der Waals surface area contributed by atoms with Crippen molar-refractivity contribution in [2.45, 2.75) is 147 Å². The maximum Gasteiger partial charge on any atom is 0.408 e. The van der Waals surface area contributed by atoms with Gasteiger partial charge in [0.25, 0.3) is 0 Å². The van der Waals surface area contributed by atoms with Crippen molar-refractivity contribution in [1.29, 1.82) is 0 Å². The number of fused-ring (bicyclic) bond motifs is 5. The Morgan fingerprint density at radius 3 is 2.00 bits per heavy atom. The Morgan fingerprint density at radius 1 is 0.840 bits per heavy atom. The van der Waals surface area contributed by atoms with E-state index < -0.39 is 155 Å². The molecule has 0 radical (unpaired) electrons. The minimum atomic E-state index is -2.55. The number of hydrogen-bond donors (Lipinski definition) is 5. The third-order valence-corrected chi connectivity index (χ3v) is 14.6. The van der Waals surface area contributed by atoms with Gasteiger partial charge in [0, 0.05) is 44.2 Å². The first-order chi connectivity index (χ1) is 35.0. The van der Waals surface area contributed by atoms with Gasteiger partial charge >= 0.3 is 41.9 Å². The van der Waals surface area contributed by atoms with Gasteiger partial charge in [0.2, 0.25) is 17.9 Å². The number of rotatable bonds is 14. The highest BCUT2D eigenvalue weighted by Crippen LogP contribution is 2.64. The first-order valence-electron chi connectivity index (χ1n) is 24.2. The SMILES string of the molecule is CC(=O)O[C@H]1C(=O)[C@@]2(C)[C@H](C(OC(=O)c3ccccc3)[C@]3(O)C[C@H](OC(=O)C(OC(=O)CCC(=O)On4c(O)ccc4O)C(NC(=O)OC(C)(C)C)c4ccccc4)C(C)=C1C3(C)C)[C@]1(OC(C)=O)CO[C@@H]1C[C@@H]2O. The second-order valence-corrected chi connectivity index (χ2v) is 20.9. The fourth-order valence-electron chi connectivity index (χ4n) is 11.0. The number of carbonyl (C=O) groups is 8. The summed E-state index contributed by atoms with van der Waals surface area (Å²) in [6.07, 6.45) is -14.0. The number of aromatic nitrogens is 1. The molecule has 2 heterocycles. The van der Waals surface area contributed by atoms with Crippen molar-refractivity contribution in [1.82, 2.24) is 10.0 Å². The molecule has 2 bridgehead atoms. The van der Waals surface area contributed by atoms with Crippen LogP contribution in [0.3, 0.4) is 0 Å². The zero-order valence-electron chi connectivity index (χ0n) is 42.9. The molecule has 4 aliphatic rings. The molecule has 404 valence electrons. The molecule has 22 nitrogen and oxygen atoms in total. The minimum Gasteiger partial charge on any atom is -0.492 e. The summed E-state index contributed by atoms with van der Waals surface area (Å²) in [5.74, 6) is -10.4. The van der Waals surface area contributed by atoms with Crippen molar-refractivity contribution in [2.24, 2.45) is 16.7 Å². The second-order valence-electron chi connectivity index (χ2n) is 20.9. The van der Waals surface area contributed by atoms with E-state index in [4.69, 9.17) is 38.0 Å². The van der Waals surface area contributed by atoms with E-state index in [1.165, 1.54) is 52.0 Å². The average Bonchev–Trinajstić information content (AvgIpc) is 3.64. The van der Waals surface area contributed by atoms with Crippen molar-refractivity contribution in [3.05, 3.63) is 95.1 Å². The van der Waals surface area contributed by atoms with Gasteiger partial charge in [0.15, 0.2) is 17.5 Å². The summed E-state index contributed by atoms with van der Waals surface area (Å²) in [4.78, 5) is 117. The van der Waals surface area contributed by atoms with Crippen LogP contribution in [0.2, 0.25) is 0 Å². The van der Waals surface area contributed by atoms with E-state index in [1.807, 2.05) is 0 Å². The van der Waals surface area contributed by atoms with Crippen LogP contribution in [0.5, 0.6) is 11.8 Å². The number of aromatic hydroxyl groups is 2. The van der Waals surface area contributed by atoms with E-state index in [0.29, 0.717) is 4.73 Å². The number of amides is 1. The number of benzene rings is 2. The number of esters is 5.